The molecule has 2 aromatic rings. The maximum absolute atomic E-state index is 8.76. The minimum atomic E-state index is 0.337. The van der Waals surface area contributed by atoms with Crippen LogP contribution >= 0.6 is 11.5 Å². The molecule has 0 aliphatic carbocycles. The Kier molecular flexibility index (Phi) is 3.58. The second-order valence-corrected chi connectivity index (χ2v) is 5.04. The molecule has 0 radical (unpaired) electrons. The molecule has 1 aromatic heterocycles. The average molecular weight is 258 g/mol. The van der Waals surface area contributed by atoms with Gasteiger partial charge in [-0.3, -0.25) is 0 Å². The van der Waals surface area contributed by atoms with E-state index in [1.165, 1.54) is 11.5 Å². The van der Waals surface area contributed by atoms with Gasteiger partial charge in [-0.2, -0.15) is 9.64 Å². The van der Waals surface area contributed by atoms with Crippen LogP contribution < -0.4 is 4.90 Å². The van der Waals surface area contributed by atoms with Gasteiger partial charge < -0.3 is 4.90 Å². The van der Waals surface area contributed by atoms with Crippen LogP contribution in [0.5, 0.6) is 0 Å². The lowest BCUT2D eigenvalue weighted by Gasteiger charge is -2.14. The van der Waals surface area contributed by atoms with E-state index in [0.29, 0.717) is 11.5 Å². The van der Waals surface area contributed by atoms with Gasteiger partial charge in [0.2, 0.25) is 5.13 Å². The summed E-state index contributed by atoms with van der Waals surface area (Å²) in [5, 5.41) is 9.63. The summed E-state index contributed by atoms with van der Waals surface area (Å²) in [6, 6.07) is 9.54. The second kappa shape index (κ2) is 5.15. The molecule has 4 nitrogen and oxygen atoms in total. The zero-order valence-corrected chi connectivity index (χ0v) is 11.4. The van der Waals surface area contributed by atoms with Crippen molar-refractivity contribution < 1.29 is 0 Å². The highest BCUT2D eigenvalue weighted by Crippen LogP contribution is 2.26. The van der Waals surface area contributed by atoms with Crippen LogP contribution in [0.2, 0.25) is 0 Å². The molecular weight excluding hydrogens is 244 g/mol. The first-order chi connectivity index (χ1) is 8.61. The molecular formula is C13H14N4S. The Balaban J connectivity index is 2.24. The molecule has 1 heterocycles. The van der Waals surface area contributed by atoms with Crippen LogP contribution in [0.3, 0.4) is 0 Å². The summed E-state index contributed by atoms with van der Waals surface area (Å²) in [6.45, 7) is 4.15. The minimum Gasteiger partial charge on any atom is -0.320 e. The number of benzene rings is 1. The lowest BCUT2D eigenvalue weighted by Crippen LogP contribution is -2.09. The molecule has 0 amide bonds. The number of nitriles is 1. The van der Waals surface area contributed by atoms with Crippen molar-refractivity contribution in [2.75, 3.05) is 11.9 Å². The van der Waals surface area contributed by atoms with Gasteiger partial charge in [-0.15, -0.1) is 0 Å². The number of hydrogen-bond acceptors (Lipinski definition) is 5. The van der Waals surface area contributed by atoms with E-state index >= 15 is 0 Å². The molecule has 0 atom stereocenters. The molecule has 0 spiro atoms. The van der Waals surface area contributed by atoms with E-state index in [1.807, 2.05) is 24.1 Å². The zero-order valence-electron chi connectivity index (χ0n) is 10.6. The molecule has 0 fully saturated rings. The van der Waals surface area contributed by atoms with Crippen LogP contribution in [0.15, 0.2) is 24.3 Å². The van der Waals surface area contributed by atoms with E-state index in [0.717, 1.165) is 16.6 Å². The fourth-order valence-corrected chi connectivity index (χ4v) is 2.26. The normalized spacial score (nSPS) is 10.4. The Bertz CT molecular complexity index is 565. The molecule has 0 saturated carbocycles. The molecule has 0 N–H and O–H groups in total. The van der Waals surface area contributed by atoms with Crippen molar-refractivity contribution in [1.29, 1.82) is 5.26 Å². The Labute approximate surface area is 111 Å². The van der Waals surface area contributed by atoms with Crippen molar-refractivity contribution in [3.8, 4) is 6.07 Å². The third kappa shape index (κ3) is 2.49. The fourth-order valence-electron chi connectivity index (χ4n) is 1.47. The monoisotopic (exact) mass is 258 g/mol. The smallest absolute Gasteiger partial charge is 0.209 e. The van der Waals surface area contributed by atoms with Crippen molar-refractivity contribution in [3.63, 3.8) is 0 Å². The predicted octanol–water partition coefficient (Wildman–Crippen LogP) is 3.30. The SMILES string of the molecule is CC(C)c1nsc(N(C)c2ccc(C#N)cc2)n1. The van der Waals surface area contributed by atoms with Crippen molar-refractivity contribution in [2.45, 2.75) is 19.8 Å². The quantitative estimate of drug-likeness (QED) is 0.847. The van der Waals surface area contributed by atoms with Gasteiger partial charge >= 0.3 is 0 Å². The van der Waals surface area contributed by atoms with Crippen molar-refractivity contribution in [3.05, 3.63) is 35.7 Å². The molecule has 0 aliphatic rings. The average Bonchev–Trinajstić information content (AvgIpc) is 2.88. The third-order valence-corrected chi connectivity index (χ3v) is 3.42. The molecule has 92 valence electrons. The molecule has 2 rings (SSSR count). The van der Waals surface area contributed by atoms with Crippen molar-refractivity contribution in [2.24, 2.45) is 0 Å². The maximum atomic E-state index is 8.76. The summed E-state index contributed by atoms with van der Waals surface area (Å²) in [5.41, 5.74) is 1.66. The highest BCUT2D eigenvalue weighted by atomic mass is 32.1. The van der Waals surface area contributed by atoms with E-state index < -0.39 is 0 Å². The van der Waals surface area contributed by atoms with E-state index in [-0.39, 0.29) is 0 Å². The van der Waals surface area contributed by atoms with Gasteiger partial charge in [-0.1, -0.05) is 13.8 Å². The van der Waals surface area contributed by atoms with E-state index in [4.69, 9.17) is 5.26 Å². The molecule has 1 aromatic carbocycles. The largest absolute Gasteiger partial charge is 0.320 e. The molecule has 0 bridgehead atoms. The summed E-state index contributed by atoms with van der Waals surface area (Å²) in [7, 11) is 1.95. The Morgan fingerprint density at radius 1 is 1.28 bits per heavy atom. The number of anilines is 2. The molecule has 18 heavy (non-hydrogen) atoms. The predicted molar refractivity (Wildman–Crippen MR) is 73.2 cm³/mol. The van der Waals surface area contributed by atoms with Gasteiger partial charge in [0.1, 0.15) is 5.82 Å². The fraction of sp³-hybridized carbons (Fsp3) is 0.308. The summed E-state index contributed by atoms with van der Waals surface area (Å²) < 4.78 is 4.33. The van der Waals surface area contributed by atoms with Crippen molar-refractivity contribution >= 4 is 22.4 Å². The Morgan fingerprint density at radius 2 is 1.94 bits per heavy atom. The molecule has 5 heteroatoms. The first-order valence-corrected chi connectivity index (χ1v) is 6.46. The number of nitrogens with zero attached hydrogens (tertiary/aromatic N) is 4. The van der Waals surface area contributed by atoms with Gasteiger partial charge in [0, 0.05) is 30.2 Å². The van der Waals surface area contributed by atoms with Gasteiger partial charge in [-0.25, -0.2) is 4.98 Å². The van der Waals surface area contributed by atoms with Gasteiger partial charge in [0.15, 0.2) is 0 Å². The van der Waals surface area contributed by atoms with Gasteiger partial charge in [-0.05, 0) is 24.3 Å². The van der Waals surface area contributed by atoms with Gasteiger partial charge in [0.25, 0.3) is 0 Å². The second-order valence-electron chi connectivity index (χ2n) is 4.31. The summed E-state index contributed by atoms with van der Waals surface area (Å²) >= 11 is 1.39. The summed E-state index contributed by atoms with van der Waals surface area (Å²) in [6.07, 6.45) is 0. The number of rotatable bonds is 3. The van der Waals surface area contributed by atoms with Crippen LogP contribution in [0.1, 0.15) is 31.2 Å². The lowest BCUT2D eigenvalue weighted by molar-refractivity contribution is 0.798. The molecule has 0 unspecified atom stereocenters. The first kappa shape index (κ1) is 12.5. The van der Waals surface area contributed by atoms with Crippen LogP contribution in [-0.4, -0.2) is 16.4 Å². The maximum Gasteiger partial charge on any atom is 0.209 e. The van der Waals surface area contributed by atoms with E-state index in [2.05, 4.69) is 29.3 Å². The lowest BCUT2D eigenvalue weighted by atomic mass is 10.2. The van der Waals surface area contributed by atoms with Crippen LogP contribution in [0.25, 0.3) is 0 Å². The third-order valence-electron chi connectivity index (χ3n) is 2.62. The number of aromatic nitrogens is 2. The minimum absolute atomic E-state index is 0.337. The van der Waals surface area contributed by atoms with Crippen molar-refractivity contribution in [1.82, 2.24) is 9.36 Å². The Morgan fingerprint density at radius 3 is 2.44 bits per heavy atom. The van der Waals surface area contributed by atoms with Gasteiger partial charge in [0.05, 0.1) is 11.6 Å². The standard InChI is InChI=1S/C13H14N4S/c1-9(2)12-15-13(18-16-12)17(3)11-6-4-10(8-14)5-7-11/h4-7,9H,1-3H3. The van der Waals surface area contributed by atoms with Crippen LogP contribution in [-0.2, 0) is 0 Å². The number of hydrogen-bond donors (Lipinski definition) is 0. The van der Waals surface area contributed by atoms with Crippen LogP contribution in [0, 0.1) is 11.3 Å². The molecule has 0 saturated heterocycles. The highest BCUT2D eigenvalue weighted by Gasteiger charge is 2.12. The summed E-state index contributed by atoms with van der Waals surface area (Å²) in [4.78, 5) is 6.47. The van der Waals surface area contributed by atoms with E-state index in [1.54, 1.807) is 12.1 Å². The molecule has 0 aliphatic heterocycles. The zero-order chi connectivity index (χ0) is 13.1. The van der Waals surface area contributed by atoms with Crippen LogP contribution in [0.4, 0.5) is 10.8 Å². The van der Waals surface area contributed by atoms with E-state index in [9.17, 15) is 0 Å². The highest BCUT2D eigenvalue weighted by molar-refractivity contribution is 7.09. The topological polar surface area (TPSA) is 52.8 Å². The Hall–Kier alpha value is -1.93. The summed E-state index contributed by atoms with van der Waals surface area (Å²) in [5.74, 6) is 1.21. The first-order valence-electron chi connectivity index (χ1n) is 5.69.